The maximum atomic E-state index is 12.2. The molecule has 2 aromatic rings. The average molecular weight is 361 g/mol. The van der Waals surface area contributed by atoms with E-state index >= 15 is 0 Å². The standard InChI is InChI=1S/C13H11BrClNO2S/c1-16(6-8-4-12(14)19-7-8)13(18)9-2-3-11(17)10(15)5-9/h2-5,7,17H,6H2,1H3. The summed E-state index contributed by atoms with van der Waals surface area (Å²) < 4.78 is 1.04. The summed E-state index contributed by atoms with van der Waals surface area (Å²) in [6.45, 7) is 0.527. The fraction of sp³-hybridized carbons (Fsp3) is 0.154. The first-order valence-electron chi connectivity index (χ1n) is 5.44. The maximum absolute atomic E-state index is 12.2. The van der Waals surface area contributed by atoms with Gasteiger partial charge in [-0.2, -0.15) is 0 Å². The summed E-state index contributed by atoms with van der Waals surface area (Å²) in [6.07, 6.45) is 0. The molecule has 100 valence electrons. The molecule has 2 rings (SSSR count). The minimum atomic E-state index is -0.135. The molecule has 0 radical (unpaired) electrons. The summed E-state index contributed by atoms with van der Waals surface area (Å²) in [5, 5.41) is 11.5. The van der Waals surface area contributed by atoms with Crippen molar-refractivity contribution in [2.75, 3.05) is 7.05 Å². The predicted molar refractivity (Wildman–Crippen MR) is 80.9 cm³/mol. The molecule has 0 saturated carbocycles. The molecular weight excluding hydrogens is 350 g/mol. The molecule has 6 heteroatoms. The second-order valence-corrected chi connectivity index (χ2v) is 6.78. The number of hydrogen-bond acceptors (Lipinski definition) is 3. The van der Waals surface area contributed by atoms with Gasteiger partial charge in [-0.15, -0.1) is 11.3 Å². The van der Waals surface area contributed by atoms with Crippen LogP contribution in [0.15, 0.2) is 33.4 Å². The van der Waals surface area contributed by atoms with E-state index in [1.165, 1.54) is 12.1 Å². The second kappa shape index (κ2) is 5.94. The first kappa shape index (κ1) is 14.4. The number of amides is 1. The molecule has 1 heterocycles. The van der Waals surface area contributed by atoms with Crippen molar-refractivity contribution in [3.8, 4) is 5.75 Å². The predicted octanol–water partition coefficient (Wildman–Crippen LogP) is 4.14. The van der Waals surface area contributed by atoms with Crippen molar-refractivity contribution in [1.29, 1.82) is 0 Å². The van der Waals surface area contributed by atoms with Crippen molar-refractivity contribution >= 4 is 44.8 Å². The number of rotatable bonds is 3. The number of halogens is 2. The first-order chi connectivity index (χ1) is 8.97. The number of phenolic OH excluding ortho intramolecular Hbond substituents is 1. The minimum absolute atomic E-state index is 0.0253. The van der Waals surface area contributed by atoms with Crippen LogP contribution >= 0.6 is 38.9 Å². The lowest BCUT2D eigenvalue weighted by molar-refractivity contribution is 0.0785. The maximum Gasteiger partial charge on any atom is 0.253 e. The van der Waals surface area contributed by atoms with Gasteiger partial charge in [-0.1, -0.05) is 11.6 Å². The molecule has 0 bridgehead atoms. The van der Waals surface area contributed by atoms with Crippen molar-refractivity contribution in [3.63, 3.8) is 0 Å². The molecule has 0 aliphatic heterocycles. The Hall–Kier alpha value is -1.04. The number of benzene rings is 1. The molecule has 0 aliphatic rings. The van der Waals surface area contributed by atoms with E-state index in [9.17, 15) is 9.90 Å². The van der Waals surface area contributed by atoms with E-state index < -0.39 is 0 Å². The largest absolute Gasteiger partial charge is 0.506 e. The minimum Gasteiger partial charge on any atom is -0.506 e. The van der Waals surface area contributed by atoms with Crippen molar-refractivity contribution in [1.82, 2.24) is 4.90 Å². The Kier molecular flexibility index (Phi) is 4.50. The molecular formula is C13H11BrClNO2S. The van der Waals surface area contributed by atoms with Crippen LogP contribution in [0.25, 0.3) is 0 Å². The second-order valence-electron chi connectivity index (χ2n) is 4.09. The summed E-state index contributed by atoms with van der Waals surface area (Å²) >= 11 is 10.8. The fourth-order valence-electron chi connectivity index (χ4n) is 1.63. The van der Waals surface area contributed by atoms with Crippen LogP contribution in [-0.4, -0.2) is 23.0 Å². The number of nitrogens with zero attached hydrogens (tertiary/aromatic N) is 1. The van der Waals surface area contributed by atoms with E-state index in [1.54, 1.807) is 29.4 Å². The van der Waals surface area contributed by atoms with E-state index in [4.69, 9.17) is 11.6 Å². The monoisotopic (exact) mass is 359 g/mol. The van der Waals surface area contributed by atoms with Gasteiger partial charge >= 0.3 is 0 Å². The Morgan fingerprint density at radius 1 is 1.47 bits per heavy atom. The summed E-state index contributed by atoms with van der Waals surface area (Å²) in [7, 11) is 1.73. The molecule has 0 atom stereocenters. The quantitative estimate of drug-likeness (QED) is 0.893. The Balaban J connectivity index is 2.12. The van der Waals surface area contributed by atoms with E-state index in [0.717, 1.165) is 9.35 Å². The van der Waals surface area contributed by atoms with Gasteiger partial charge in [0.1, 0.15) is 5.75 Å². The van der Waals surface area contributed by atoms with Gasteiger partial charge in [0.15, 0.2) is 0 Å². The third-order valence-electron chi connectivity index (χ3n) is 2.58. The topological polar surface area (TPSA) is 40.5 Å². The van der Waals surface area contributed by atoms with Crippen LogP contribution in [0, 0.1) is 0 Å². The molecule has 0 unspecified atom stereocenters. The van der Waals surface area contributed by atoms with E-state index in [0.29, 0.717) is 12.1 Å². The van der Waals surface area contributed by atoms with Crippen LogP contribution in [-0.2, 0) is 6.54 Å². The highest BCUT2D eigenvalue weighted by Gasteiger charge is 2.14. The van der Waals surface area contributed by atoms with Crippen LogP contribution in [0.3, 0.4) is 0 Å². The van der Waals surface area contributed by atoms with Crippen molar-refractivity contribution < 1.29 is 9.90 Å². The average Bonchev–Trinajstić information content (AvgIpc) is 2.77. The van der Waals surface area contributed by atoms with Crippen LogP contribution in [0.4, 0.5) is 0 Å². The number of carbonyl (C=O) groups is 1. The van der Waals surface area contributed by atoms with Crippen LogP contribution in [0.1, 0.15) is 15.9 Å². The van der Waals surface area contributed by atoms with Crippen molar-refractivity contribution in [2.45, 2.75) is 6.54 Å². The highest BCUT2D eigenvalue weighted by Crippen LogP contribution is 2.25. The molecule has 0 aliphatic carbocycles. The fourth-order valence-corrected chi connectivity index (χ4v) is 3.02. The van der Waals surface area contributed by atoms with Crippen LogP contribution in [0.2, 0.25) is 5.02 Å². The number of phenols is 1. The zero-order valence-electron chi connectivity index (χ0n) is 10.1. The molecule has 0 fully saturated rings. The van der Waals surface area contributed by atoms with Crippen LogP contribution in [0.5, 0.6) is 5.75 Å². The summed E-state index contributed by atoms with van der Waals surface area (Å²) in [5.41, 5.74) is 1.53. The molecule has 1 aromatic carbocycles. The number of thiophene rings is 1. The lowest BCUT2D eigenvalue weighted by atomic mass is 10.2. The molecule has 1 aromatic heterocycles. The highest BCUT2D eigenvalue weighted by atomic mass is 79.9. The third-order valence-corrected chi connectivity index (χ3v) is 4.44. The molecule has 1 amide bonds. The Labute approximate surface area is 128 Å². The lowest BCUT2D eigenvalue weighted by Crippen LogP contribution is -2.25. The Morgan fingerprint density at radius 3 is 2.79 bits per heavy atom. The molecule has 19 heavy (non-hydrogen) atoms. The number of carbonyl (C=O) groups excluding carboxylic acids is 1. The van der Waals surface area contributed by atoms with E-state index in [2.05, 4.69) is 15.9 Å². The summed E-state index contributed by atoms with van der Waals surface area (Å²) in [6, 6.07) is 6.44. The zero-order chi connectivity index (χ0) is 14.0. The summed E-state index contributed by atoms with van der Waals surface area (Å²) in [4.78, 5) is 13.8. The smallest absolute Gasteiger partial charge is 0.253 e. The summed E-state index contributed by atoms with van der Waals surface area (Å²) in [5.74, 6) is -0.160. The van der Waals surface area contributed by atoms with Gasteiger partial charge in [0, 0.05) is 19.2 Å². The third kappa shape index (κ3) is 3.49. The van der Waals surface area contributed by atoms with Gasteiger partial charge in [0.05, 0.1) is 8.81 Å². The van der Waals surface area contributed by atoms with Gasteiger partial charge in [-0.25, -0.2) is 0 Å². The highest BCUT2D eigenvalue weighted by molar-refractivity contribution is 9.11. The molecule has 0 spiro atoms. The molecule has 3 nitrogen and oxygen atoms in total. The van der Waals surface area contributed by atoms with Crippen LogP contribution < -0.4 is 0 Å². The molecule has 1 N–H and O–H groups in total. The lowest BCUT2D eigenvalue weighted by Gasteiger charge is -2.16. The Bertz CT molecular complexity index is 614. The number of hydrogen-bond donors (Lipinski definition) is 1. The van der Waals surface area contributed by atoms with Gasteiger partial charge in [0.25, 0.3) is 5.91 Å². The normalized spacial score (nSPS) is 10.5. The van der Waals surface area contributed by atoms with Crippen molar-refractivity contribution in [3.05, 3.63) is 49.6 Å². The SMILES string of the molecule is CN(Cc1csc(Br)c1)C(=O)c1ccc(O)c(Cl)c1. The Morgan fingerprint density at radius 2 is 2.21 bits per heavy atom. The first-order valence-corrected chi connectivity index (χ1v) is 7.49. The number of aromatic hydroxyl groups is 1. The zero-order valence-corrected chi connectivity index (χ0v) is 13.2. The van der Waals surface area contributed by atoms with Gasteiger partial charge in [-0.3, -0.25) is 4.79 Å². The van der Waals surface area contributed by atoms with Gasteiger partial charge < -0.3 is 10.0 Å². The van der Waals surface area contributed by atoms with E-state index in [1.807, 2.05) is 11.4 Å². The van der Waals surface area contributed by atoms with Gasteiger partial charge in [0.2, 0.25) is 0 Å². The van der Waals surface area contributed by atoms with Gasteiger partial charge in [-0.05, 0) is 51.1 Å². The van der Waals surface area contributed by atoms with Crippen molar-refractivity contribution in [2.24, 2.45) is 0 Å². The van der Waals surface area contributed by atoms with E-state index in [-0.39, 0.29) is 16.7 Å². The molecule has 0 saturated heterocycles.